The highest BCUT2D eigenvalue weighted by molar-refractivity contribution is 5.97. The molecule has 8 heteroatoms. The first-order valence-electron chi connectivity index (χ1n) is 7.53. The number of hydrogen-bond acceptors (Lipinski definition) is 5. The largest absolute Gasteiger partial charge is 0.346 e. The van der Waals surface area contributed by atoms with Crippen LogP contribution in [0.3, 0.4) is 0 Å². The van der Waals surface area contributed by atoms with Crippen LogP contribution in [0, 0.1) is 6.92 Å². The first kappa shape index (κ1) is 14.4. The molecule has 1 aliphatic heterocycles. The number of hydrogen-bond donors (Lipinski definition) is 3. The minimum Gasteiger partial charge on any atom is -0.346 e. The first-order chi connectivity index (χ1) is 11.4. The van der Waals surface area contributed by atoms with Gasteiger partial charge in [0.2, 0.25) is 0 Å². The van der Waals surface area contributed by atoms with Crippen molar-refractivity contribution in [1.82, 2.24) is 24.8 Å². The van der Waals surface area contributed by atoms with Crippen LogP contribution in [-0.4, -0.2) is 25.4 Å². The summed E-state index contributed by atoms with van der Waals surface area (Å²) in [4.78, 5) is 36.4. The second kappa shape index (κ2) is 4.67. The quantitative estimate of drug-likeness (QED) is 0.664. The fourth-order valence-electron chi connectivity index (χ4n) is 3.14. The normalized spacial score (nSPS) is 15.4. The number of aromatic nitrogens is 4. The van der Waals surface area contributed by atoms with Gasteiger partial charge in [0.25, 0.3) is 11.5 Å². The molecule has 0 unspecified atom stereocenters. The van der Waals surface area contributed by atoms with Crippen LogP contribution >= 0.6 is 0 Å². The third kappa shape index (κ3) is 1.92. The number of amides is 1. The molecular formula is C16H16N6O2. The number of carbonyl (C=O) groups excluding carboxylic acids is 1. The third-order valence-electron chi connectivity index (χ3n) is 4.19. The number of aromatic amines is 1. The Balaban J connectivity index is 1.89. The van der Waals surface area contributed by atoms with Gasteiger partial charge in [0.15, 0.2) is 0 Å². The Bertz CT molecular complexity index is 1050. The predicted molar refractivity (Wildman–Crippen MR) is 89.4 cm³/mol. The minimum atomic E-state index is -0.777. The summed E-state index contributed by atoms with van der Waals surface area (Å²) in [6, 6.07) is 3.51. The number of anilines is 2. The van der Waals surface area contributed by atoms with E-state index in [0.29, 0.717) is 22.8 Å². The molecule has 8 nitrogen and oxygen atoms in total. The van der Waals surface area contributed by atoms with Crippen LogP contribution in [0.1, 0.15) is 29.9 Å². The van der Waals surface area contributed by atoms with E-state index in [2.05, 4.69) is 25.6 Å². The fraction of sp³-hybridized carbons (Fsp3) is 0.250. The van der Waals surface area contributed by atoms with Gasteiger partial charge in [0.05, 0.1) is 5.39 Å². The summed E-state index contributed by atoms with van der Waals surface area (Å²) < 4.78 is 1.49. The molecule has 0 aromatic carbocycles. The summed E-state index contributed by atoms with van der Waals surface area (Å²) in [5, 5.41) is 6.69. The highest BCUT2D eigenvalue weighted by Gasteiger charge is 2.37. The smallest absolute Gasteiger partial charge is 0.276 e. The number of rotatable bonds is 2. The number of H-pyrrole nitrogens is 1. The molecule has 0 fully saturated rings. The van der Waals surface area contributed by atoms with Gasteiger partial charge in [0, 0.05) is 6.20 Å². The monoisotopic (exact) mass is 324 g/mol. The maximum absolute atomic E-state index is 12.9. The topological polar surface area (TPSA) is 105 Å². The molecule has 0 aliphatic carbocycles. The second-order valence-corrected chi connectivity index (χ2v) is 6.33. The van der Waals surface area contributed by atoms with Gasteiger partial charge >= 0.3 is 0 Å². The van der Waals surface area contributed by atoms with Crippen molar-refractivity contribution < 1.29 is 4.79 Å². The molecular weight excluding hydrogens is 308 g/mol. The van der Waals surface area contributed by atoms with Crippen LogP contribution in [0.5, 0.6) is 0 Å². The second-order valence-electron chi connectivity index (χ2n) is 6.33. The maximum atomic E-state index is 12.9. The number of fused-ring (bicyclic) bond motifs is 2. The molecule has 0 saturated carbocycles. The van der Waals surface area contributed by atoms with Crippen molar-refractivity contribution in [2.24, 2.45) is 0 Å². The molecule has 0 saturated heterocycles. The molecule has 3 N–H and O–H groups in total. The first-order valence-corrected chi connectivity index (χ1v) is 7.53. The van der Waals surface area contributed by atoms with Crippen LogP contribution < -0.4 is 16.2 Å². The standard InChI is InChI=1S/C16H16N6O2/c1-8-6-10(15(24)22-11(8)14(23)21-16(22,2)3)20-13-9-4-5-17-12(9)18-7-19-13/h4-7H,1-3H3,(H,21,23)(H2,17,18,19,20). The van der Waals surface area contributed by atoms with E-state index in [1.807, 2.05) is 13.0 Å². The number of nitrogens with one attached hydrogen (secondary N) is 3. The molecule has 122 valence electrons. The highest BCUT2D eigenvalue weighted by atomic mass is 16.2. The van der Waals surface area contributed by atoms with E-state index in [-0.39, 0.29) is 11.5 Å². The zero-order valence-electron chi connectivity index (χ0n) is 13.5. The van der Waals surface area contributed by atoms with Crippen molar-refractivity contribution >= 4 is 28.4 Å². The zero-order chi connectivity index (χ0) is 17.1. The van der Waals surface area contributed by atoms with Crippen LogP contribution in [0.2, 0.25) is 0 Å². The van der Waals surface area contributed by atoms with E-state index in [1.165, 1.54) is 10.9 Å². The molecule has 1 amide bonds. The van der Waals surface area contributed by atoms with Crippen LogP contribution in [0.25, 0.3) is 11.0 Å². The summed E-state index contributed by atoms with van der Waals surface area (Å²) in [6.45, 7) is 5.39. The van der Waals surface area contributed by atoms with Gasteiger partial charge in [-0.25, -0.2) is 9.97 Å². The van der Waals surface area contributed by atoms with Crippen molar-refractivity contribution in [1.29, 1.82) is 0 Å². The van der Waals surface area contributed by atoms with Crippen molar-refractivity contribution in [2.75, 3.05) is 5.32 Å². The van der Waals surface area contributed by atoms with Crippen LogP contribution in [0.4, 0.5) is 11.5 Å². The molecule has 4 rings (SSSR count). The summed E-state index contributed by atoms with van der Waals surface area (Å²) in [6.07, 6.45) is 3.19. The van der Waals surface area contributed by atoms with Crippen molar-refractivity contribution in [3.05, 3.63) is 46.3 Å². The molecule has 0 spiro atoms. The van der Waals surface area contributed by atoms with E-state index in [0.717, 1.165) is 10.9 Å². The van der Waals surface area contributed by atoms with Crippen molar-refractivity contribution in [2.45, 2.75) is 26.4 Å². The molecule has 0 radical (unpaired) electrons. The van der Waals surface area contributed by atoms with Gasteiger partial charge in [-0.15, -0.1) is 0 Å². The van der Waals surface area contributed by atoms with E-state index >= 15 is 0 Å². The lowest BCUT2D eigenvalue weighted by Crippen LogP contribution is -2.42. The van der Waals surface area contributed by atoms with E-state index in [1.54, 1.807) is 26.1 Å². The van der Waals surface area contributed by atoms with Gasteiger partial charge < -0.3 is 15.6 Å². The van der Waals surface area contributed by atoms with Gasteiger partial charge in [0.1, 0.15) is 34.8 Å². The average Bonchev–Trinajstić information content (AvgIpc) is 3.07. The summed E-state index contributed by atoms with van der Waals surface area (Å²) in [5.41, 5.74) is 1.11. The number of pyridine rings is 1. The zero-order valence-corrected chi connectivity index (χ0v) is 13.5. The highest BCUT2D eigenvalue weighted by Crippen LogP contribution is 2.26. The SMILES string of the molecule is Cc1cc(Nc2ncnc3[nH]ccc23)c(=O)n2c1C(=O)NC2(C)C. The van der Waals surface area contributed by atoms with E-state index in [9.17, 15) is 9.59 Å². The lowest BCUT2D eigenvalue weighted by Gasteiger charge is -2.22. The Kier molecular flexibility index (Phi) is 2.81. The Hall–Kier alpha value is -3.16. The van der Waals surface area contributed by atoms with E-state index < -0.39 is 5.66 Å². The Labute approximate surface area is 136 Å². The van der Waals surface area contributed by atoms with Crippen molar-refractivity contribution in [3.63, 3.8) is 0 Å². The predicted octanol–water partition coefficient (Wildman–Crippen LogP) is 1.61. The third-order valence-corrected chi connectivity index (χ3v) is 4.19. The summed E-state index contributed by atoms with van der Waals surface area (Å²) >= 11 is 0. The summed E-state index contributed by atoms with van der Waals surface area (Å²) in [5.74, 6) is 0.296. The molecule has 3 aromatic heterocycles. The van der Waals surface area contributed by atoms with Gasteiger partial charge in [-0.1, -0.05) is 0 Å². The number of nitrogens with zero attached hydrogens (tertiary/aromatic N) is 3. The van der Waals surface area contributed by atoms with Crippen LogP contribution in [0.15, 0.2) is 29.5 Å². The lowest BCUT2D eigenvalue weighted by atomic mass is 10.1. The Morgan fingerprint density at radius 3 is 2.83 bits per heavy atom. The fourth-order valence-corrected chi connectivity index (χ4v) is 3.14. The van der Waals surface area contributed by atoms with Gasteiger partial charge in [-0.2, -0.15) is 0 Å². The molecule has 0 atom stereocenters. The minimum absolute atomic E-state index is 0.240. The summed E-state index contributed by atoms with van der Waals surface area (Å²) in [7, 11) is 0. The number of carbonyl (C=O) groups is 1. The van der Waals surface area contributed by atoms with Crippen molar-refractivity contribution in [3.8, 4) is 0 Å². The van der Waals surface area contributed by atoms with Crippen LogP contribution in [-0.2, 0) is 5.66 Å². The number of aryl methyl sites for hydroxylation is 1. The molecule has 0 bridgehead atoms. The van der Waals surface area contributed by atoms with E-state index in [4.69, 9.17) is 0 Å². The lowest BCUT2D eigenvalue weighted by molar-refractivity contribution is 0.0934. The molecule has 3 aromatic rings. The average molecular weight is 324 g/mol. The van der Waals surface area contributed by atoms with Gasteiger partial charge in [-0.3, -0.25) is 14.2 Å². The Morgan fingerprint density at radius 2 is 2.04 bits per heavy atom. The molecule has 1 aliphatic rings. The Morgan fingerprint density at radius 1 is 1.25 bits per heavy atom. The molecule has 4 heterocycles. The van der Waals surface area contributed by atoms with Gasteiger partial charge in [-0.05, 0) is 38.5 Å². The molecule has 24 heavy (non-hydrogen) atoms. The maximum Gasteiger partial charge on any atom is 0.276 e.